The molecule has 0 saturated heterocycles. The van der Waals surface area contributed by atoms with E-state index in [4.69, 9.17) is 9.47 Å². The molecule has 3 aromatic rings. The summed E-state index contributed by atoms with van der Waals surface area (Å²) in [6, 6.07) is 23.0. The average molecular weight is 379 g/mol. The van der Waals surface area contributed by atoms with Crippen molar-refractivity contribution in [1.29, 1.82) is 0 Å². The highest BCUT2D eigenvalue weighted by Crippen LogP contribution is 2.32. The molecule has 0 aliphatic carbocycles. The van der Waals surface area contributed by atoms with E-state index < -0.39 is 0 Å². The van der Waals surface area contributed by atoms with Crippen LogP contribution in [0.1, 0.15) is 36.6 Å². The Bertz CT molecular complexity index is 883. The van der Waals surface area contributed by atoms with Gasteiger partial charge in [0.05, 0.1) is 6.61 Å². The Morgan fingerprint density at radius 1 is 0.857 bits per heavy atom. The topological polar surface area (TPSA) is 30.5 Å². The molecule has 0 bridgehead atoms. The Kier molecular flexibility index (Phi) is 7.04. The predicted octanol–water partition coefficient (Wildman–Crippen LogP) is 5.65. The summed E-state index contributed by atoms with van der Waals surface area (Å²) in [5, 5.41) is 3.52. The summed E-state index contributed by atoms with van der Waals surface area (Å²) in [5.74, 6) is 1.06. The molecule has 3 aromatic carbocycles. The van der Waals surface area contributed by atoms with Crippen LogP contribution in [0.5, 0.6) is 11.5 Å². The van der Waals surface area contributed by atoms with Crippen molar-refractivity contribution in [2.75, 3.05) is 6.61 Å². The van der Waals surface area contributed by atoms with Gasteiger partial charge in [-0.2, -0.15) is 0 Å². The van der Waals surface area contributed by atoms with Crippen LogP contribution in [0.3, 0.4) is 0 Å². The van der Waals surface area contributed by atoms with E-state index in [9.17, 15) is 4.39 Å². The molecular weight excluding hydrogens is 353 g/mol. The minimum atomic E-state index is -0.270. The van der Waals surface area contributed by atoms with Crippen molar-refractivity contribution in [3.05, 3.63) is 95.3 Å². The Balaban J connectivity index is 1.76. The summed E-state index contributed by atoms with van der Waals surface area (Å²) in [5.41, 5.74) is 2.72. The second-order valence-corrected chi connectivity index (χ2v) is 6.57. The summed E-state index contributed by atoms with van der Waals surface area (Å²) in [6.07, 6.45) is 0. The fraction of sp³-hybridized carbons (Fsp3) is 0.250. The fourth-order valence-corrected chi connectivity index (χ4v) is 3.02. The SMILES string of the molecule is CCOc1cccc(CN[C@@H](C)c2ccccc2)c1OCc1ccccc1F. The molecule has 0 heterocycles. The van der Waals surface area contributed by atoms with Gasteiger partial charge in [-0.15, -0.1) is 0 Å². The predicted molar refractivity (Wildman–Crippen MR) is 110 cm³/mol. The van der Waals surface area contributed by atoms with Crippen LogP contribution in [0.25, 0.3) is 0 Å². The van der Waals surface area contributed by atoms with Crippen molar-refractivity contribution < 1.29 is 13.9 Å². The molecule has 0 aliphatic heterocycles. The van der Waals surface area contributed by atoms with Gasteiger partial charge in [-0.05, 0) is 31.5 Å². The first-order valence-corrected chi connectivity index (χ1v) is 9.58. The maximum absolute atomic E-state index is 14.0. The molecule has 0 amide bonds. The normalized spacial score (nSPS) is 11.8. The standard InChI is InChI=1S/C24H26FNO2/c1-3-27-23-15-9-13-20(16-26-18(2)19-10-5-4-6-11-19)24(23)28-17-21-12-7-8-14-22(21)25/h4-15,18,26H,3,16-17H2,1-2H3/t18-/m0/s1. The molecule has 0 saturated carbocycles. The van der Waals surface area contributed by atoms with Gasteiger partial charge >= 0.3 is 0 Å². The van der Waals surface area contributed by atoms with E-state index in [-0.39, 0.29) is 18.5 Å². The van der Waals surface area contributed by atoms with Crippen molar-refractivity contribution in [1.82, 2.24) is 5.32 Å². The average Bonchev–Trinajstić information content (AvgIpc) is 2.73. The summed E-state index contributed by atoms with van der Waals surface area (Å²) in [6.45, 7) is 5.36. The van der Waals surface area contributed by atoms with Crippen molar-refractivity contribution in [2.45, 2.75) is 33.0 Å². The zero-order valence-corrected chi connectivity index (χ0v) is 16.3. The smallest absolute Gasteiger partial charge is 0.166 e. The summed E-state index contributed by atoms with van der Waals surface area (Å²) >= 11 is 0. The third kappa shape index (κ3) is 5.11. The maximum atomic E-state index is 14.0. The van der Waals surface area contributed by atoms with Crippen LogP contribution in [0, 0.1) is 5.82 Å². The third-order valence-corrected chi connectivity index (χ3v) is 4.59. The first-order chi connectivity index (χ1) is 13.7. The van der Waals surface area contributed by atoms with Crippen molar-refractivity contribution in [2.24, 2.45) is 0 Å². The minimum absolute atomic E-state index is 0.151. The summed E-state index contributed by atoms with van der Waals surface area (Å²) < 4.78 is 25.7. The molecule has 4 heteroatoms. The minimum Gasteiger partial charge on any atom is -0.490 e. The molecule has 3 nitrogen and oxygen atoms in total. The van der Waals surface area contributed by atoms with E-state index in [0.717, 1.165) is 5.56 Å². The molecule has 28 heavy (non-hydrogen) atoms. The number of nitrogens with one attached hydrogen (secondary N) is 1. The van der Waals surface area contributed by atoms with Gasteiger partial charge in [-0.1, -0.05) is 60.7 Å². The molecule has 146 valence electrons. The van der Waals surface area contributed by atoms with E-state index in [2.05, 4.69) is 24.4 Å². The second-order valence-electron chi connectivity index (χ2n) is 6.57. The first-order valence-electron chi connectivity index (χ1n) is 9.58. The highest BCUT2D eigenvalue weighted by molar-refractivity contribution is 5.47. The van der Waals surface area contributed by atoms with Gasteiger partial charge in [0.15, 0.2) is 11.5 Å². The number of hydrogen-bond donors (Lipinski definition) is 1. The summed E-state index contributed by atoms with van der Waals surface area (Å²) in [7, 11) is 0. The lowest BCUT2D eigenvalue weighted by Gasteiger charge is -2.19. The molecule has 0 aliphatic rings. The van der Waals surface area contributed by atoms with Crippen LogP contribution >= 0.6 is 0 Å². The maximum Gasteiger partial charge on any atom is 0.166 e. The Hall–Kier alpha value is -2.85. The molecule has 0 spiro atoms. The quantitative estimate of drug-likeness (QED) is 0.521. The lowest BCUT2D eigenvalue weighted by molar-refractivity contribution is 0.262. The van der Waals surface area contributed by atoms with Gasteiger partial charge in [0.2, 0.25) is 0 Å². The van der Waals surface area contributed by atoms with Crippen LogP contribution in [-0.4, -0.2) is 6.61 Å². The number of hydrogen-bond acceptors (Lipinski definition) is 3. The summed E-state index contributed by atoms with van der Waals surface area (Å²) in [4.78, 5) is 0. The van der Waals surface area contributed by atoms with E-state index in [1.807, 2.05) is 43.3 Å². The third-order valence-electron chi connectivity index (χ3n) is 4.59. The molecule has 1 N–H and O–H groups in total. The molecule has 3 rings (SSSR count). The highest BCUT2D eigenvalue weighted by Gasteiger charge is 2.14. The van der Waals surface area contributed by atoms with Crippen LogP contribution in [0.4, 0.5) is 4.39 Å². The number of rotatable bonds is 9. The number of halogens is 1. The van der Waals surface area contributed by atoms with Gasteiger partial charge in [0.25, 0.3) is 0 Å². The molecular formula is C24H26FNO2. The lowest BCUT2D eigenvalue weighted by Crippen LogP contribution is -2.18. The van der Waals surface area contributed by atoms with E-state index in [1.165, 1.54) is 11.6 Å². The van der Waals surface area contributed by atoms with Gasteiger partial charge in [0, 0.05) is 23.7 Å². The Morgan fingerprint density at radius 2 is 1.57 bits per heavy atom. The van der Waals surface area contributed by atoms with Crippen molar-refractivity contribution >= 4 is 0 Å². The second kappa shape index (κ2) is 9.90. The Morgan fingerprint density at radius 3 is 2.32 bits per heavy atom. The van der Waals surface area contributed by atoms with E-state index in [0.29, 0.717) is 30.2 Å². The van der Waals surface area contributed by atoms with E-state index in [1.54, 1.807) is 18.2 Å². The number of para-hydroxylation sites is 1. The van der Waals surface area contributed by atoms with Crippen LogP contribution in [0.2, 0.25) is 0 Å². The molecule has 0 fully saturated rings. The number of ether oxygens (including phenoxy) is 2. The fourth-order valence-electron chi connectivity index (χ4n) is 3.02. The molecule has 0 radical (unpaired) electrons. The lowest BCUT2D eigenvalue weighted by atomic mass is 10.1. The first kappa shape index (κ1) is 19.9. The van der Waals surface area contributed by atoms with Crippen molar-refractivity contribution in [3.8, 4) is 11.5 Å². The monoisotopic (exact) mass is 379 g/mol. The zero-order chi connectivity index (χ0) is 19.8. The molecule has 1 atom stereocenters. The van der Waals surface area contributed by atoms with Gasteiger partial charge in [-0.25, -0.2) is 4.39 Å². The molecule has 0 unspecified atom stereocenters. The van der Waals surface area contributed by atoms with Crippen LogP contribution in [-0.2, 0) is 13.2 Å². The largest absolute Gasteiger partial charge is 0.490 e. The zero-order valence-electron chi connectivity index (χ0n) is 16.3. The van der Waals surface area contributed by atoms with Gasteiger partial charge in [0.1, 0.15) is 12.4 Å². The van der Waals surface area contributed by atoms with Gasteiger partial charge < -0.3 is 14.8 Å². The molecule has 0 aromatic heterocycles. The number of benzene rings is 3. The van der Waals surface area contributed by atoms with Crippen LogP contribution < -0.4 is 14.8 Å². The highest BCUT2D eigenvalue weighted by atomic mass is 19.1. The van der Waals surface area contributed by atoms with Crippen molar-refractivity contribution in [3.63, 3.8) is 0 Å². The van der Waals surface area contributed by atoms with Gasteiger partial charge in [-0.3, -0.25) is 0 Å². The Labute approximate surface area is 166 Å². The van der Waals surface area contributed by atoms with Crippen LogP contribution in [0.15, 0.2) is 72.8 Å². The van der Waals surface area contributed by atoms with E-state index >= 15 is 0 Å².